The van der Waals surface area contributed by atoms with Crippen LogP contribution in [0.3, 0.4) is 0 Å². The molecule has 0 radical (unpaired) electrons. The third-order valence-corrected chi connectivity index (χ3v) is 3.99. The summed E-state index contributed by atoms with van der Waals surface area (Å²) in [6, 6.07) is 1.66. The average molecular weight is 387 g/mol. The summed E-state index contributed by atoms with van der Waals surface area (Å²) in [6.07, 6.45) is 1.50. The summed E-state index contributed by atoms with van der Waals surface area (Å²) in [5.74, 6) is 0.0446. The molecule has 0 bridgehead atoms. The molecule has 0 aliphatic carbocycles. The summed E-state index contributed by atoms with van der Waals surface area (Å²) in [6.45, 7) is 1.69. The molecule has 0 amide bonds. The second kappa shape index (κ2) is 5.45. The van der Waals surface area contributed by atoms with Crippen molar-refractivity contribution in [2.24, 2.45) is 5.73 Å². The number of nitrogens with two attached hydrogens (primary N) is 1. The Bertz CT molecular complexity index is 936. The lowest BCUT2D eigenvalue weighted by Crippen LogP contribution is -2.28. The van der Waals surface area contributed by atoms with Gasteiger partial charge in [0.1, 0.15) is 11.6 Å². The van der Waals surface area contributed by atoms with Crippen LogP contribution in [0.25, 0.3) is 16.7 Å². The monoisotopic (exact) mass is 385 g/mol. The first-order chi connectivity index (χ1) is 10.4. The van der Waals surface area contributed by atoms with E-state index >= 15 is 0 Å². The number of hydrogen-bond donors (Lipinski definition) is 2. The van der Waals surface area contributed by atoms with Gasteiger partial charge in [0.15, 0.2) is 5.82 Å². The predicted octanol–water partition coefficient (Wildman–Crippen LogP) is 2.68. The number of nitrogens with zero attached hydrogens (tertiary/aromatic N) is 3. The van der Waals surface area contributed by atoms with E-state index in [0.29, 0.717) is 10.3 Å². The summed E-state index contributed by atoms with van der Waals surface area (Å²) in [5.41, 5.74) is 5.65. The van der Waals surface area contributed by atoms with Crippen molar-refractivity contribution in [1.82, 2.24) is 19.7 Å². The van der Waals surface area contributed by atoms with Gasteiger partial charge in [-0.05, 0) is 35.0 Å². The van der Waals surface area contributed by atoms with E-state index in [1.807, 2.05) is 0 Å². The quantitative estimate of drug-likeness (QED) is 0.708. The Balaban J connectivity index is 2.50. The second-order valence-electron chi connectivity index (χ2n) is 4.75. The van der Waals surface area contributed by atoms with Gasteiger partial charge in [-0.1, -0.05) is 11.6 Å². The number of benzene rings is 1. The highest BCUT2D eigenvalue weighted by molar-refractivity contribution is 9.10. The Hall–Kier alpha value is -1.77. The van der Waals surface area contributed by atoms with Crippen LogP contribution in [0, 0.1) is 5.82 Å². The van der Waals surface area contributed by atoms with E-state index in [1.165, 1.54) is 10.8 Å². The zero-order chi connectivity index (χ0) is 16.0. The largest absolute Gasteiger partial charge is 0.322 e. The molecule has 0 fully saturated rings. The summed E-state index contributed by atoms with van der Waals surface area (Å²) in [5, 5.41) is 6.68. The van der Waals surface area contributed by atoms with Crippen molar-refractivity contribution < 1.29 is 4.39 Å². The highest BCUT2D eigenvalue weighted by Gasteiger charge is 2.20. The Morgan fingerprint density at radius 1 is 1.50 bits per heavy atom. The number of rotatable bonds is 2. The van der Waals surface area contributed by atoms with Crippen molar-refractivity contribution in [3.8, 4) is 5.82 Å². The maximum atomic E-state index is 13.6. The van der Waals surface area contributed by atoms with E-state index in [1.54, 1.807) is 6.92 Å². The molecule has 0 unspecified atom stereocenters. The third kappa shape index (κ3) is 2.33. The molecule has 3 aromatic rings. The molecule has 3 rings (SSSR count). The van der Waals surface area contributed by atoms with Gasteiger partial charge in [0.25, 0.3) is 5.56 Å². The molecular formula is C13H10BrClFN5O. The zero-order valence-electron chi connectivity index (χ0n) is 11.3. The van der Waals surface area contributed by atoms with Crippen molar-refractivity contribution in [2.45, 2.75) is 13.0 Å². The molecule has 2 aromatic heterocycles. The molecular weight excluding hydrogens is 377 g/mol. The van der Waals surface area contributed by atoms with Gasteiger partial charge in [0, 0.05) is 0 Å². The van der Waals surface area contributed by atoms with Crippen LogP contribution in [0.4, 0.5) is 4.39 Å². The minimum absolute atomic E-state index is 0.0600. The third-order valence-electron chi connectivity index (χ3n) is 3.12. The van der Waals surface area contributed by atoms with Gasteiger partial charge in [0.05, 0.1) is 32.6 Å². The van der Waals surface area contributed by atoms with Crippen LogP contribution in [0.1, 0.15) is 18.8 Å². The van der Waals surface area contributed by atoms with Gasteiger partial charge >= 0.3 is 0 Å². The van der Waals surface area contributed by atoms with Gasteiger partial charge in [0.2, 0.25) is 0 Å². The van der Waals surface area contributed by atoms with Crippen LogP contribution in [-0.2, 0) is 0 Å². The van der Waals surface area contributed by atoms with Gasteiger partial charge in [-0.15, -0.1) is 0 Å². The molecule has 0 saturated heterocycles. The lowest BCUT2D eigenvalue weighted by Gasteiger charge is -2.15. The summed E-state index contributed by atoms with van der Waals surface area (Å²) in [4.78, 5) is 17.1. The molecule has 0 spiro atoms. The van der Waals surface area contributed by atoms with E-state index in [9.17, 15) is 9.18 Å². The minimum atomic E-state index is -0.611. The van der Waals surface area contributed by atoms with Gasteiger partial charge < -0.3 is 5.73 Å². The first kappa shape index (κ1) is 15.1. The maximum Gasteiger partial charge on any atom is 0.267 e. The van der Waals surface area contributed by atoms with Gasteiger partial charge in [-0.2, -0.15) is 5.10 Å². The second-order valence-corrected chi connectivity index (χ2v) is 6.01. The Morgan fingerprint density at radius 2 is 2.23 bits per heavy atom. The van der Waals surface area contributed by atoms with Crippen LogP contribution in [0.2, 0.25) is 5.02 Å². The Labute approximate surface area is 137 Å². The first-order valence-corrected chi connectivity index (χ1v) is 7.43. The van der Waals surface area contributed by atoms with Crippen LogP contribution >= 0.6 is 27.5 Å². The van der Waals surface area contributed by atoms with E-state index in [2.05, 4.69) is 31.1 Å². The van der Waals surface area contributed by atoms with Gasteiger partial charge in [-0.25, -0.2) is 13.9 Å². The highest BCUT2D eigenvalue weighted by atomic mass is 79.9. The predicted molar refractivity (Wildman–Crippen MR) is 84.8 cm³/mol. The van der Waals surface area contributed by atoms with Crippen molar-refractivity contribution >= 4 is 38.4 Å². The molecule has 0 aliphatic rings. The smallest absolute Gasteiger partial charge is 0.267 e. The molecule has 1 aromatic carbocycles. The van der Waals surface area contributed by atoms with Crippen molar-refractivity contribution in [3.05, 3.63) is 49.8 Å². The molecule has 2 heterocycles. The van der Waals surface area contributed by atoms with E-state index in [-0.39, 0.29) is 21.7 Å². The standard InChI is InChI=1S/C13H10BrClFN5O/c1-5(17)11-19-10-7(2-6(16)3-9(10)15)13(22)21(11)12-8(14)4-18-20-12/h2-5H,17H2,1H3,(H,18,20)/t5-/m0/s1. The SMILES string of the molecule is C[C@H](N)c1nc2c(Cl)cc(F)cc2c(=O)n1-c1[nH]ncc1Br. The summed E-state index contributed by atoms with van der Waals surface area (Å²) < 4.78 is 15.4. The summed E-state index contributed by atoms with van der Waals surface area (Å²) in [7, 11) is 0. The molecule has 1 atom stereocenters. The van der Waals surface area contributed by atoms with Crippen molar-refractivity contribution in [2.75, 3.05) is 0 Å². The maximum absolute atomic E-state index is 13.6. The number of aromatic nitrogens is 4. The van der Waals surface area contributed by atoms with Crippen LogP contribution in [0.5, 0.6) is 0 Å². The molecule has 114 valence electrons. The van der Waals surface area contributed by atoms with Crippen LogP contribution in [0.15, 0.2) is 27.6 Å². The van der Waals surface area contributed by atoms with Crippen molar-refractivity contribution in [1.29, 1.82) is 0 Å². The fourth-order valence-corrected chi connectivity index (χ4v) is 2.79. The fraction of sp³-hybridized carbons (Fsp3) is 0.154. The van der Waals surface area contributed by atoms with E-state index in [4.69, 9.17) is 17.3 Å². The molecule has 0 aliphatic heterocycles. The van der Waals surface area contributed by atoms with Gasteiger partial charge in [-0.3, -0.25) is 9.89 Å². The number of aromatic amines is 1. The van der Waals surface area contributed by atoms with Crippen molar-refractivity contribution in [3.63, 3.8) is 0 Å². The molecule has 3 N–H and O–H groups in total. The average Bonchev–Trinajstić information content (AvgIpc) is 2.85. The number of H-pyrrole nitrogens is 1. The zero-order valence-corrected chi connectivity index (χ0v) is 13.6. The Kier molecular flexibility index (Phi) is 3.75. The lowest BCUT2D eigenvalue weighted by molar-refractivity contribution is 0.628. The first-order valence-electron chi connectivity index (χ1n) is 6.26. The van der Waals surface area contributed by atoms with E-state index < -0.39 is 17.4 Å². The van der Waals surface area contributed by atoms with E-state index in [0.717, 1.165) is 12.1 Å². The number of halogens is 3. The number of hydrogen-bond acceptors (Lipinski definition) is 4. The van der Waals surface area contributed by atoms with Crippen LogP contribution in [-0.4, -0.2) is 19.7 Å². The normalized spacial score (nSPS) is 12.8. The molecule has 9 heteroatoms. The summed E-state index contributed by atoms with van der Waals surface area (Å²) >= 11 is 9.29. The highest BCUT2D eigenvalue weighted by Crippen LogP contribution is 2.25. The molecule has 22 heavy (non-hydrogen) atoms. The number of nitrogens with one attached hydrogen (secondary N) is 1. The number of fused-ring (bicyclic) bond motifs is 1. The fourth-order valence-electron chi connectivity index (χ4n) is 2.17. The molecule has 6 nitrogen and oxygen atoms in total. The minimum Gasteiger partial charge on any atom is -0.322 e. The van der Waals surface area contributed by atoms with Crippen LogP contribution < -0.4 is 11.3 Å². The molecule has 0 saturated carbocycles. The topological polar surface area (TPSA) is 89.6 Å². The lowest BCUT2D eigenvalue weighted by atomic mass is 10.2. The Morgan fingerprint density at radius 3 is 2.82 bits per heavy atom.